The number of aryl methyl sites for hydroxylation is 2. The van der Waals surface area contributed by atoms with Gasteiger partial charge in [0.1, 0.15) is 24.2 Å². The van der Waals surface area contributed by atoms with Gasteiger partial charge < -0.3 is 25.0 Å². The molecule has 1 aromatic carbocycles. The van der Waals surface area contributed by atoms with Gasteiger partial charge in [-0.3, -0.25) is 14.4 Å². The van der Waals surface area contributed by atoms with E-state index in [1.165, 1.54) is 7.11 Å². The number of amides is 3. The fourth-order valence-corrected chi connectivity index (χ4v) is 4.26. The first-order valence-electron chi connectivity index (χ1n) is 13.4. The molecule has 2 N–H and O–H groups in total. The van der Waals surface area contributed by atoms with Gasteiger partial charge in [-0.15, -0.1) is 0 Å². The van der Waals surface area contributed by atoms with Crippen molar-refractivity contribution in [3.8, 4) is 0 Å². The maximum absolute atomic E-state index is 14.2. The summed E-state index contributed by atoms with van der Waals surface area (Å²) >= 11 is 0. The zero-order valence-corrected chi connectivity index (χ0v) is 24.6. The van der Waals surface area contributed by atoms with Crippen molar-refractivity contribution in [1.29, 1.82) is 0 Å². The van der Waals surface area contributed by atoms with Gasteiger partial charge in [-0.1, -0.05) is 51.8 Å². The van der Waals surface area contributed by atoms with Crippen LogP contribution < -0.4 is 10.6 Å². The quantitative estimate of drug-likeness (QED) is 0.283. The highest BCUT2D eigenvalue weighted by Crippen LogP contribution is 2.29. The number of nitrogens with zero attached hydrogens (tertiary/aromatic N) is 1. The van der Waals surface area contributed by atoms with Crippen molar-refractivity contribution < 1.29 is 28.7 Å². The summed E-state index contributed by atoms with van der Waals surface area (Å²) in [5.41, 5.74) is 1.65. The zero-order valence-electron chi connectivity index (χ0n) is 24.6. The van der Waals surface area contributed by atoms with E-state index in [4.69, 9.17) is 9.47 Å². The first kappa shape index (κ1) is 32.9. The molecular weight excluding hydrogens is 486 g/mol. The molecule has 0 spiro atoms. The molecular formula is C29H47N3O6. The van der Waals surface area contributed by atoms with Crippen molar-refractivity contribution in [1.82, 2.24) is 15.5 Å². The van der Waals surface area contributed by atoms with E-state index >= 15 is 0 Å². The van der Waals surface area contributed by atoms with Gasteiger partial charge in [0, 0.05) is 6.54 Å². The molecule has 3 amide bonds. The van der Waals surface area contributed by atoms with Crippen LogP contribution in [0.1, 0.15) is 90.0 Å². The summed E-state index contributed by atoms with van der Waals surface area (Å²) in [6, 6.07) is 3.78. The number of esters is 1. The van der Waals surface area contributed by atoms with Crippen LogP contribution in [0, 0.1) is 19.8 Å². The lowest BCUT2D eigenvalue weighted by atomic mass is 9.92. The number of rotatable bonds is 13. The molecule has 9 nitrogen and oxygen atoms in total. The highest BCUT2D eigenvalue weighted by atomic mass is 16.6. The third-order valence-electron chi connectivity index (χ3n) is 5.99. The van der Waals surface area contributed by atoms with Crippen LogP contribution in [0.15, 0.2) is 18.2 Å². The lowest BCUT2D eigenvalue weighted by molar-refractivity contribution is -0.145. The van der Waals surface area contributed by atoms with Gasteiger partial charge in [0.15, 0.2) is 0 Å². The normalized spacial score (nSPS) is 12.9. The lowest BCUT2D eigenvalue weighted by Crippen LogP contribution is -2.54. The Morgan fingerprint density at radius 3 is 2.13 bits per heavy atom. The third-order valence-corrected chi connectivity index (χ3v) is 5.99. The van der Waals surface area contributed by atoms with Gasteiger partial charge in [-0.2, -0.15) is 0 Å². The Labute approximate surface area is 228 Å². The predicted molar refractivity (Wildman–Crippen MR) is 148 cm³/mol. The SMILES string of the molecule is CCCCCN(C(=O)C(CC(C)C)NC(=O)OC(C)(C)C)C(C(=O)NCC(=O)OC)c1c(C)cccc1C. The zero-order chi connectivity index (χ0) is 29.0. The monoisotopic (exact) mass is 533 g/mol. The molecule has 38 heavy (non-hydrogen) atoms. The smallest absolute Gasteiger partial charge is 0.408 e. The molecule has 9 heteroatoms. The van der Waals surface area contributed by atoms with E-state index in [-0.39, 0.29) is 18.4 Å². The average molecular weight is 534 g/mol. The number of benzene rings is 1. The van der Waals surface area contributed by atoms with Crippen LogP contribution in [-0.4, -0.2) is 60.6 Å². The Morgan fingerprint density at radius 1 is 1.03 bits per heavy atom. The summed E-state index contributed by atoms with van der Waals surface area (Å²) in [6.45, 7) is 15.0. The highest BCUT2D eigenvalue weighted by Gasteiger charge is 2.37. The van der Waals surface area contributed by atoms with Crippen LogP contribution >= 0.6 is 0 Å². The Balaban J connectivity index is 3.58. The van der Waals surface area contributed by atoms with E-state index in [1.807, 2.05) is 45.9 Å². The molecule has 1 rings (SSSR count). The van der Waals surface area contributed by atoms with Crippen LogP contribution in [0.25, 0.3) is 0 Å². The number of unbranched alkanes of at least 4 members (excludes halogenated alkanes) is 2. The van der Waals surface area contributed by atoms with Crippen LogP contribution in [0.4, 0.5) is 4.79 Å². The summed E-state index contributed by atoms with van der Waals surface area (Å²) in [5.74, 6) is -1.37. The number of alkyl carbamates (subject to hydrolysis) is 1. The van der Waals surface area contributed by atoms with E-state index in [0.717, 1.165) is 24.0 Å². The number of hydrogen-bond donors (Lipinski definition) is 2. The maximum atomic E-state index is 14.2. The number of methoxy groups -OCH3 is 1. The Bertz CT molecular complexity index is 934. The molecule has 1 aromatic rings. The summed E-state index contributed by atoms with van der Waals surface area (Å²) in [7, 11) is 1.25. The van der Waals surface area contributed by atoms with Crippen molar-refractivity contribution in [2.24, 2.45) is 5.92 Å². The summed E-state index contributed by atoms with van der Waals surface area (Å²) < 4.78 is 10.1. The molecule has 0 saturated carbocycles. The second-order valence-electron chi connectivity index (χ2n) is 11.1. The molecule has 214 valence electrons. The Kier molecular flexibility index (Phi) is 13.3. The van der Waals surface area contributed by atoms with Crippen LogP contribution in [0.5, 0.6) is 0 Å². The first-order valence-corrected chi connectivity index (χ1v) is 13.4. The molecule has 0 bridgehead atoms. The highest BCUT2D eigenvalue weighted by molar-refractivity contribution is 5.93. The lowest BCUT2D eigenvalue weighted by Gasteiger charge is -2.36. The number of hydrogen-bond acceptors (Lipinski definition) is 6. The molecule has 0 heterocycles. The van der Waals surface area contributed by atoms with Crippen LogP contribution in [-0.2, 0) is 23.9 Å². The fourth-order valence-electron chi connectivity index (χ4n) is 4.26. The maximum Gasteiger partial charge on any atom is 0.408 e. The second-order valence-corrected chi connectivity index (χ2v) is 11.1. The minimum absolute atomic E-state index is 0.0863. The second kappa shape index (κ2) is 15.3. The summed E-state index contributed by atoms with van der Waals surface area (Å²) in [4.78, 5) is 53.9. The van der Waals surface area contributed by atoms with Gasteiger partial charge in [-0.25, -0.2) is 4.79 Å². The van der Waals surface area contributed by atoms with Gasteiger partial charge in [0.25, 0.3) is 0 Å². The molecule has 0 saturated heterocycles. The number of ether oxygens (including phenoxy) is 2. The van der Waals surface area contributed by atoms with Gasteiger partial charge in [0.2, 0.25) is 11.8 Å². The Hall–Kier alpha value is -3.10. The molecule has 0 fully saturated rings. The van der Waals surface area contributed by atoms with Crippen molar-refractivity contribution in [3.63, 3.8) is 0 Å². The molecule has 2 atom stereocenters. The van der Waals surface area contributed by atoms with Crippen molar-refractivity contribution in [2.45, 2.75) is 98.8 Å². The fraction of sp³-hybridized carbons (Fsp3) is 0.655. The average Bonchev–Trinajstić information content (AvgIpc) is 2.80. The molecule has 2 unspecified atom stereocenters. The minimum Gasteiger partial charge on any atom is -0.468 e. The molecule has 0 radical (unpaired) electrons. The van der Waals surface area contributed by atoms with Crippen molar-refractivity contribution in [3.05, 3.63) is 34.9 Å². The van der Waals surface area contributed by atoms with Crippen LogP contribution in [0.2, 0.25) is 0 Å². The molecule has 0 aliphatic carbocycles. The summed E-state index contributed by atoms with van der Waals surface area (Å²) in [6.07, 6.45) is 2.14. The number of carbonyl (C=O) groups is 4. The van der Waals surface area contributed by atoms with E-state index in [9.17, 15) is 19.2 Å². The largest absolute Gasteiger partial charge is 0.468 e. The molecule has 0 aliphatic heterocycles. The van der Waals surface area contributed by atoms with E-state index in [0.29, 0.717) is 24.9 Å². The first-order chi connectivity index (χ1) is 17.7. The predicted octanol–water partition coefficient (Wildman–Crippen LogP) is 4.59. The van der Waals surface area contributed by atoms with Crippen molar-refractivity contribution in [2.75, 3.05) is 20.2 Å². The molecule has 0 aromatic heterocycles. The third kappa shape index (κ3) is 10.7. The van der Waals surface area contributed by atoms with Crippen LogP contribution in [0.3, 0.4) is 0 Å². The number of carbonyl (C=O) groups excluding carboxylic acids is 4. The van der Waals surface area contributed by atoms with E-state index in [2.05, 4.69) is 17.6 Å². The standard InChI is InChI=1S/C29H47N3O6/c1-10-11-12-16-32(27(35)22(17-19(2)3)31-28(36)38-29(6,7)8)25(26(34)30-18-23(33)37-9)24-20(4)14-13-15-21(24)5/h13-15,19,22,25H,10-12,16-18H2,1-9H3,(H,30,34)(H,31,36). The minimum atomic E-state index is -1.000. The Morgan fingerprint density at radius 2 is 1.63 bits per heavy atom. The van der Waals surface area contributed by atoms with Crippen molar-refractivity contribution >= 4 is 23.9 Å². The van der Waals surface area contributed by atoms with Gasteiger partial charge >= 0.3 is 12.1 Å². The topological polar surface area (TPSA) is 114 Å². The van der Waals surface area contributed by atoms with E-state index < -0.39 is 35.7 Å². The molecule has 0 aliphatic rings. The van der Waals surface area contributed by atoms with Gasteiger partial charge in [-0.05, 0) is 70.1 Å². The van der Waals surface area contributed by atoms with Gasteiger partial charge in [0.05, 0.1) is 7.11 Å². The summed E-state index contributed by atoms with van der Waals surface area (Å²) in [5, 5.41) is 5.40. The van der Waals surface area contributed by atoms with E-state index in [1.54, 1.807) is 25.7 Å². The number of nitrogens with one attached hydrogen (secondary N) is 2.